The predicted molar refractivity (Wildman–Crippen MR) is 90.7 cm³/mol. The molecule has 2 rings (SSSR count). The maximum atomic E-state index is 12.0. The van der Waals surface area contributed by atoms with E-state index in [4.69, 9.17) is 5.11 Å². The van der Waals surface area contributed by atoms with Gasteiger partial charge in [-0.2, -0.15) is 0 Å². The topological polar surface area (TPSA) is 74.6 Å². The highest BCUT2D eigenvalue weighted by Crippen LogP contribution is 2.21. The van der Waals surface area contributed by atoms with Crippen molar-refractivity contribution in [3.8, 4) is 0 Å². The zero-order chi connectivity index (χ0) is 17.0. The van der Waals surface area contributed by atoms with E-state index >= 15 is 0 Å². The van der Waals surface area contributed by atoms with Crippen molar-refractivity contribution >= 4 is 28.6 Å². The van der Waals surface area contributed by atoms with Crippen molar-refractivity contribution in [1.29, 1.82) is 0 Å². The fourth-order valence-corrected chi connectivity index (χ4v) is 2.41. The number of anilines is 1. The van der Waals surface area contributed by atoms with Crippen molar-refractivity contribution in [3.63, 3.8) is 0 Å². The Hall–Kier alpha value is -2.50. The highest BCUT2D eigenvalue weighted by atomic mass is 16.4. The van der Waals surface area contributed by atoms with E-state index in [1.807, 2.05) is 24.3 Å². The molecule has 2 amide bonds. The fraction of sp³-hybridized carbons (Fsp3) is 0.412. The molecule has 0 aliphatic heterocycles. The molecule has 6 nitrogen and oxygen atoms in total. The summed E-state index contributed by atoms with van der Waals surface area (Å²) in [7, 11) is 1.58. The fourth-order valence-electron chi connectivity index (χ4n) is 2.41. The number of urea groups is 1. The zero-order valence-corrected chi connectivity index (χ0v) is 13.7. The average molecular weight is 317 g/mol. The summed E-state index contributed by atoms with van der Waals surface area (Å²) in [6.07, 6.45) is 1.98. The summed E-state index contributed by atoms with van der Waals surface area (Å²) in [6.45, 7) is 5.47. The lowest BCUT2D eigenvalue weighted by molar-refractivity contribution is -0.137. The molecule has 0 radical (unpaired) electrons. The molecule has 0 fully saturated rings. The Morgan fingerprint density at radius 1 is 1.30 bits per heavy atom. The lowest BCUT2D eigenvalue weighted by Crippen LogP contribution is -2.33. The van der Waals surface area contributed by atoms with Gasteiger partial charge in [0.2, 0.25) is 0 Å². The number of carboxylic acid groups (broad SMARTS) is 1. The second-order valence-electron chi connectivity index (χ2n) is 6.13. The lowest BCUT2D eigenvalue weighted by atomic mass is 10.2. The van der Waals surface area contributed by atoms with Gasteiger partial charge >= 0.3 is 12.0 Å². The lowest BCUT2D eigenvalue weighted by Gasteiger charge is -2.17. The number of aliphatic carboxylic acids is 1. The minimum Gasteiger partial charge on any atom is -0.481 e. The summed E-state index contributed by atoms with van der Waals surface area (Å²) < 4.78 is 2.20. The molecule has 1 heterocycles. The SMILES string of the molecule is CC(C)Cn1ccc2cc(NC(=O)N(C)CCC(=O)O)ccc21. The molecule has 1 aromatic heterocycles. The Labute approximate surface area is 135 Å². The maximum absolute atomic E-state index is 12.0. The van der Waals surface area contributed by atoms with Crippen molar-refractivity contribution in [3.05, 3.63) is 30.5 Å². The normalized spacial score (nSPS) is 11.0. The van der Waals surface area contributed by atoms with Crippen LogP contribution < -0.4 is 5.32 Å². The number of fused-ring (bicyclic) bond motifs is 1. The summed E-state index contributed by atoms with van der Waals surface area (Å²) in [5.41, 5.74) is 1.84. The summed E-state index contributed by atoms with van der Waals surface area (Å²) in [5, 5.41) is 12.5. The molecule has 1 aromatic carbocycles. The van der Waals surface area contributed by atoms with Gasteiger partial charge in [0.05, 0.1) is 6.42 Å². The standard InChI is InChI=1S/C17H23N3O3/c1-12(2)11-20-9-6-13-10-14(4-5-15(13)20)18-17(23)19(3)8-7-16(21)22/h4-6,9-10,12H,7-8,11H2,1-3H3,(H,18,23)(H,21,22). The van der Waals surface area contributed by atoms with E-state index in [1.54, 1.807) is 7.05 Å². The number of amides is 2. The molecule has 0 aliphatic carbocycles. The predicted octanol–water partition coefficient (Wildman–Crippen LogP) is 3.24. The van der Waals surface area contributed by atoms with Crippen LogP contribution in [0.5, 0.6) is 0 Å². The number of carbonyl (C=O) groups excluding carboxylic acids is 1. The number of nitrogens with one attached hydrogen (secondary N) is 1. The van der Waals surface area contributed by atoms with Gasteiger partial charge in [-0.1, -0.05) is 13.8 Å². The van der Waals surface area contributed by atoms with Crippen LogP contribution in [-0.2, 0) is 11.3 Å². The van der Waals surface area contributed by atoms with E-state index in [1.165, 1.54) is 4.90 Å². The first-order valence-corrected chi connectivity index (χ1v) is 7.69. The third-order valence-corrected chi connectivity index (χ3v) is 3.59. The van der Waals surface area contributed by atoms with Crippen LogP contribution in [0.25, 0.3) is 10.9 Å². The van der Waals surface area contributed by atoms with Gasteiger partial charge in [-0.05, 0) is 30.2 Å². The van der Waals surface area contributed by atoms with E-state index in [0.717, 1.165) is 17.4 Å². The molecule has 0 aliphatic rings. The van der Waals surface area contributed by atoms with Gasteiger partial charge in [0.1, 0.15) is 0 Å². The monoisotopic (exact) mass is 317 g/mol. The number of benzene rings is 1. The molecule has 0 unspecified atom stereocenters. The van der Waals surface area contributed by atoms with Gasteiger partial charge in [-0.25, -0.2) is 4.79 Å². The third kappa shape index (κ3) is 4.48. The molecule has 0 spiro atoms. The van der Waals surface area contributed by atoms with E-state index in [0.29, 0.717) is 11.6 Å². The number of hydrogen-bond acceptors (Lipinski definition) is 2. The van der Waals surface area contributed by atoms with Crippen LogP contribution in [0.4, 0.5) is 10.5 Å². The van der Waals surface area contributed by atoms with Crippen LogP contribution >= 0.6 is 0 Å². The van der Waals surface area contributed by atoms with E-state index in [9.17, 15) is 9.59 Å². The Morgan fingerprint density at radius 2 is 2.04 bits per heavy atom. The maximum Gasteiger partial charge on any atom is 0.321 e. The Balaban J connectivity index is 2.06. The first kappa shape index (κ1) is 16.9. The third-order valence-electron chi connectivity index (χ3n) is 3.59. The molecule has 23 heavy (non-hydrogen) atoms. The molecule has 0 bridgehead atoms. The first-order valence-electron chi connectivity index (χ1n) is 7.69. The van der Waals surface area contributed by atoms with E-state index in [2.05, 4.69) is 29.9 Å². The van der Waals surface area contributed by atoms with Gasteiger partial charge in [0, 0.05) is 42.9 Å². The van der Waals surface area contributed by atoms with Crippen LogP contribution in [0.15, 0.2) is 30.5 Å². The Morgan fingerprint density at radius 3 is 2.70 bits per heavy atom. The van der Waals surface area contributed by atoms with E-state index in [-0.39, 0.29) is 19.0 Å². The van der Waals surface area contributed by atoms with Gasteiger partial charge in [0.25, 0.3) is 0 Å². The van der Waals surface area contributed by atoms with Gasteiger partial charge in [-0.3, -0.25) is 4.79 Å². The number of carbonyl (C=O) groups is 2. The number of rotatable bonds is 6. The van der Waals surface area contributed by atoms with Crippen molar-refractivity contribution < 1.29 is 14.7 Å². The number of hydrogen-bond donors (Lipinski definition) is 2. The number of carboxylic acids is 1. The zero-order valence-electron chi connectivity index (χ0n) is 13.7. The summed E-state index contributed by atoms with van der Waals surface area (Å²) in [5.74, 6) is -0.356. The molecular weight excluding hydrogens is 294 g/mol. The molecule has 0 atom stereocenters. The summed E-state index contributed by atoms with van der Waals surface area (Å²) in [4.78, 5) is 23.9. The summed E-state index contributed by atoms with van der Waals surface area (Å²) in [6, 6.07) is 7.50. The van der Waals surface area contributed by atoms with Crippen LogP contribution in [0.3, 0.4) is 0 Å². The molecule has 124 valence electrons. The average Bonchev–Trinajstić information content (AvgIpc) is 2.86. The molecule has 0 saturated carbocycles. The van der Waals surface area contributed by atoms with Crippen LogP contribution in [0.1, 0.15) is 20.3 Å². The van der Waals surface area contributed by atoms with Crippen molar-refractivity contribution in [2.45, 2.75) is 26.8 Å². The number of aromatic nitrogens is 1. The Kier molecular flexibility index (Phi) is 5.26. The minimum absolute atomic E-state index is 0.0684. The van der Waals surface area contributed by atoms with Gasteiger partial charge in [-0.15, -0.1) is 0 Å². The van der Waals surface area contributed by atoms with Crippen LogP contribution in [0, 0.1) is 5.92 Å². The van der Waals surface area contributed by atoms with E-state index < -0.39 is 5.97 Å². The molecule has 6 heteroatoms. The van der Waals surface area contributed by atoms with Crippen molar-refractivity contribution in [2.24, 2.45) is 5.92 Å². The highest BCUT2D eigenvalue weighted by Gasteiger charge is 2.11. The minimum atomic E-state index is -0.919. The summed E-state index contributed by atoms with van der Waals surface area (Å²) >= 11 is 0. The second kappa shape index (κ2) is 7.17. The quantitative estimate of drug-likeness (QED) is 0.859. The second-order valence-corrected chi connectivity index (χ2v) is 6.13. The van der Waals surface area contributed by atoms with Crippen LogP contribution in [0.2, 0.25) is 0 Å². The highest BCUT2D eigenvalue weighted by molar-refractivity contribution is 5.93. The molecule has 2 N–H and O–H groups in total. The van der Waals surface area contributed by atoms with Gasteiger partial charge < -0.3 is 19.9 Å². The Bertz CT molecular complexity index is 706. The van der Waals surface area contributed by atoms with Crippen molar-refractivity contribution in [2.75, 3.05) is 18.9 Å². The smallest absolute Gasteiger partial charge is 0.321 e. The number of nitrogens with zero attached hydrogens (tertiary/aromatic N) is 2. The largest absolute Gasteiger partial charge is 0.481 e. The van der Waals surface area contributed by atoms with Crippen molar-refractivity contribution in [1.82, 2.24) is 9.47 Å². The first-order chi connectivity index (χ1) is 10.9. The van der Waals surface area contributed by atoms with Gasteiger partial charge in [0.15, 0.2) is 0 Å². The van der Waals surface area contributed by atoms with Crippen LogP contribution in [-0.4, -0.2) is 40.2 Å². The molecule has 0 saturated heterocycles. The molecular formula is C17H23N3O3. The molecule has 2 aromatic rings.